The number of nitrogens with zero attached hydrogens (tertiary/aromatic N) is 2. The third-order valence-electron chi connectivity index (χ3n) is 2.41. The maximum atomic E-state index is 5.93. The van der Waals surface area contributed by atoms with Crippen LogP contribution in [0.4, 0.5) is 5.82 Å². The summed E-state index contributed by atoms with van der Waals surface area (Å²) in [6.07, 6.45) is 0.762. The van der Waals surface area contributed by atoms with E-state index in [2.05, 4.69) is 57.9 Å². The van der Waals surface area contributed by atoms with E-state index in [9.17, 15) is 0 Å². The van der Waals surface area contributed by atoms with Gasteiger partial charge in [-0.1, -0.05) is 19.9 Å². The van der Waals surface area contributed by atoms with E-state index in [1.165, 1.54) is 4.88 Å². The molecule has 0 aliphatic rings. The normalized spacial score (nSPS) is 11.1. The third kappa shape index (κ3) is 2.95. The molecule has 0 saturated heterocycles. The van der Waals surface area contributed by atoms with Crippen LogP contribution < -0.4 is 5.73 Å². The van der Waals surface area contributed by atoms with Crippen molar-refractivity contribution >= 4 is 39.7 Å². The number of thiophene rings is 1. The van der Waals surface area contributed by atoms with Gasteiger partial charge in [-0.15, -0.1) is 11.3 Å². The highest BCUT2D eigenvalue weighted by Gasteiger charge is 2.13. The van der Waals surface area contributed by atoms with Gasteiger partial charge < -0.3 is 5.73 Å². The second kappa shape index (κ2) is 5.30. The maximum Gasteiger partial charge on any atom is 0.140 e. The summed E-state index contributed by atoms with van der Waals surface area (Å²) in [6.45, 7) is 4.25. The van der Waals surface area contributed by atoms with E-state index in [-0.39, 0.29) is 0 Å². The highest BCUT2D eigenvalue weighted by Crippen LogP contribution is 2.24. The van der Waals surface area contributed by atoms with E-state index in [0.717, 1.165) is 21.5 Å². The number of halogens is 1. The first kappa shape index (κ1) is 12.8. The minimum Gasteiger partial charge on any atom is -0.383 e. The topological polar surface area (TPSA) is 51.8 Å². The summed E-state index contributed by atoms with van der Waals surface area (Å²) in [5.41, 5.74) is 6.98. The van der Waals surface area contributed by atoms with E-state index in [1.54, 1.807) is 11.3 Å². The molecule has 0 atom stereocenters. The Morgan fingerprint density at radius 1 is 1.41 bits per heavy atom. The molecule has 5 heteroatoms. The molecule has 0 saturated carbocycles. The van der Waals surface area contributed by atoms with E-state index >= 15 is 0 Å². The number of nitrogen functional groups attached to an aromatic ring is 1. The van der Waals surface area contributed by atoms with Crippen LogP contribution in [0.25, 0.3) is 0 Å². The Bertz CT molecular complexity index is 509. The van der Waals surface area contributed by atoms with E-state index in [4.69, 9.17) is 5.73 Å². The first-order valence-electron chi connectivity index (χ1n) is 5.42. The molecule has 0 unspecified atom stereocenters. The molecule has 0 aliphatic carbocycles. The zero-order chi connectivity index (χ0) is 12.4. The number of hydrogen-bond donors (Lipinski definition) is 1. The molecule has 2 N–H and O–H groups in total. The molecule has 0 spiro atoms. The van der Waals surface area contributed by atoms with Crippen molar-refractivity contribution in [2.24, 2.45) is 0 Å². The number of aromatic nitrogens is 2. The molecule has 90 valence electrons. The number of hydrogen-bond acceptors (Lipinski definition) is 4. The van der Waals surface area contributed by atoms with Gasteiger partial charge in [0.05, 0.1) is 9.26 Å². The maximum absolute atomic E-state index is 5.93. The first-order chi connectivity index (χ1) is 8.08. The Morgan fingerprint density at radius 2 is 2.18 bits per heavy atom. The summed E-state index contributed by atoms with van der Waals surface area (Å²) in [4.78, 5) is 10.2. The van der Waals surface area contributed by atoms with Gasteiger partial charge >= 0.3 is 0 Å². The summed E-state index contributed by atoms with van der Waals surface area (Å²) >= 11 is 3.94. The smallest absolute Gasteiger partial charge is 0.140 e. The molecular weight excluding hydrogens is 345 g/mol. The summed E-state index contributed by atoms with van der Waals surface area (Å²) < 4.78 is 0.979. The number of anilines is 1. The number of rotatable bonds is 3. The van der Waals surface area contributed by atoms with Crippen LogP contribution in [0, 0.1) is 3.57 Å². The second-order valence-corrected chi connectivity index (χ2v) is 6.25. The van der Waals surface area contributed by atoms with Gasteiger partial charge in [-0.05, 0) is 40.0 Å². The quantitative estimate of drug-likeness (QED) is 0.855. The molecule has 0 aromatic carbocycles. The highest BCUT2D eigenvalue weighted by atomic mass is 127. The molecule has 17 heavy (non-hydrogen) atoms. The Kier molecular flexibility index (Phi) is 3.98. The van der Waals surface area contributed by atoms with Gasteiger partial charge in [-0.3, -0.25) is 0 Å². The fourth-order valence-corrected chi connectivity index (χ4v) is 3.13. The fraction of sp³-hybridized carbons (Fsp3) is 0.333. The Labute approximate surface area is 119 Å². The largest absolute Gasteiger partial charge is 0.383 e. The molecule has 2 heterocycles. The van der Waals surface area contributed by atoms with Crippen molar-refractivity contribution < 1.29 is 0 Å². The van der Waals surface area contributed by atoms with Crippen LogP contribution in [-0.4, -0.2) is 9.97 Å². The molecule has 2 aromatic heterocycles. The van der Waals surface area contributed by atoms with Crippen LogP contribution in [0.2, 0.25) is 0 Å². The van der Waals surface area contributed by atoms with Gasteiger partial charge in [-0.2, -0.15) is 0 Å². The molecule has 2 rings (SSSR count). The van der Waals surface area contributed by atoms with Crippen molar-refractivity contribution in [1.29, 1.82) is 0 Å². The van der Waals surface area contributed by atoms with Gasteiger partial charge in [0.1, 0.15) is 11.6 Å². The van der Waals surface area contributed by atoms with Crippen LogP contribution in [0.1, 0.15) is 36.2 Å². The minimum atomic E-state index is 0.370. The Morgan fingerprint density at radius 3 is 2.76 bits per heavy atom. The highest BCUT2D eigenvalue weighted by molar-refractivity contribution is 14.1. The van der Waals surface area contributed by atoms with E-state index in [0.29, 0.717) is 11.7 Å². The Balaban J connectivity index is 2.35. The third-order valence-corrected chi connectivity index (χ3v) is 4.39. The zero-order valence-corrected chi connectivity index (χ0v) is 12.7. The van der Waals surface area contributed by atoms with Gasteiger partial charge in [0, 0.05) is 11.3 Å². The van der Waals surface area contributed by atoms with Crippen molar-refractivity contribution in [2.45, 2.75) is 26.2 Å². The van der Waals surface area contributed by atoms with Gasteiger partial charge in [0.2, 0.25) is 0 Å². The number of nitrogens with two attached hydrogens (primary N) is 1. The van der Waals surface area contributed by atoms with Gasteiger partial charge in [-0.25, -0.2) is 9.97 Å². The fourth-order valence-electron chi connectivity index (χ4n) is 1.56. The van der Waals surface area contributed by atoms with Crippen LogP contribution in [0.15, 0.2) is 17.5 Å². The van der Waals surface area contributed by atoms with Gasteiger partial charge in [0.25, 0.3) is 0 Å². The predicted molar refractivity (Wildman–Crippen MR) is 80.4 cm³/mol. The van der Waals surface area contributed by atoms with Crippen molar-refractivity contribution in [2.75, 3.05) is 5.73 Å². The summed E-state index contributed by atoms with van der Waals surface area (Å²) in [5, 5.41) is 2.06. The molecule has 0 bridgehead atoms. The molecule has 0 fully saturated rings. The predicted octanol–water partition coefficient (Wildman–Crippen LogP) is 3.44. The first-order valence-corrected chi connectivity index (χ1v) is 7.38. The molecule has 0 amide bonds. The molecule has 2 aromatic rings. The lowest BCUT2D eigenvalue weighted by molar-refractivity contribution is 0.787. The van der Waals surface area contributed by atoms with Crippen LogP contribution in [0.5, 0.6) is 0 Å². The standard InChI is InChI=1S/C12H14IN3S/c1-7(2)11-10(13)12(14)16-9(15-11)6-8-4-3-5-17-8/h3-5,7H,6H2,1-2H3,(H2,14,15,16). The monoisotopic (exact) mass is 359 g/mol. The van der Waals surface area contributed by atoms with Crippen LogP contribution in [0.3, 0.4) is 0 Å². The summed E-state index contributed by atoms with van der Waals surface area (Å²) in [5.74, 6) is 1.78. The SMILES string of the molecule is CC(C)c1nc(Cc2cccs2)nc(N)c1I. The average Bonchev–Trinajstić information content (AvgIpc) is 2.75. The zero-order valence-electron chi connectivity index (χ0n) is 9.77. The van der Waals surface area contributed by atoms with Crippen molar-refractivity contribution in [3.05, 3.63) is 37.5 Å². The van der Waals surface area contributed by atoms with E-state index in [1.807, 2.05) is 6.07 Å². The minimum absolute atomic E-state index is 0.370. The van der Waals surface area contributed by atoms with Gasteiger partial charge in [0.15, 0.2) is 0 Å². The Hall–Kier alpha value is -0.690. The van der Waals surface area contributed by atoms with E-state index < -0.39 is 0 Å². The van der Waals surface area contributed by atoms with Crippen molar-refractivity contribution in [1.82, 2.24) is 9.97 Å². The average molecular weight is 359 g/mol. The summed E-state index contributed by atoms with van der Waals surface area (Å²) in [6, 6.07) is 4.14. The van der Waals surface area contributed by atoms with Crippen molar-refractivity contribution in [3.63, 3.8) is 0 Å². The van der Waals surface area contributed by atoms with Crippen LogP contribution >= 0.6 is 33.9 Å². The lowest BCUT2D eigenvalue weighted by atomic mass is 10.1. The van der Waals surface area contributed by atoms with Crippen LogP contribution in [-0.2, 0) is 6.42 Å². The van der Waals surface area contributed by atoms with Crippen molar-refractivity contribution in [3.8, 4) is 0 Å². The molecule has 3 nitrogen and oxygen atoms in total. The summed E-state index contributed by atoms with van der Waals surface area (Å²) in [7, 11) is 0. The molecular formula is C12H14IN3S. The second-order valence-electron chi connectivity index (χ2n) is 4.14. The lowest BCUT2D eigenvalue weighted by Crippen LogP contribution is -2.08. The molecule has 0 radical (unpaired) electrons. The lowest BCUT2D eigenvalue weighted by Gasteiger charge is -2.11. The molecule has 0 aliphatic heterocycles.